The predicted molar refractivity (Wildman–Crippen MR) is 118 cm³/mol. The third kappa shape index (κ3) is 3.58. The van der Waals surface area contributed by atoms with Crippen molar-refractivity contribution in [3.05, 3.63) is 54.0 Å². The molecule has 4 nitrogen and oxygen atoms in total. The molecule has 1 atom stereocenters. The number of hydrogen-bond acceptors (Lipinski definition) is 3. The van der Waals surface area contributed by atoms with E-state index >= 15 is 0 Å². The maximum atomic E-state index is 6.06. The number of likely N-dealkylation sites (tertiary alicyclic amines) is 1. The van der Waals surface area contributed by atoms with Gasteiger partial charge in [0.1, 0.15) is 5.82 Å². The Balaban J connectivity index is 1.71. The molecule has 5 heteroatoms. The van der Waals surface area contributed by atoms with Gasteiger partial charge in [-0.05, 0) is 38.3 Å². The summed E-state index contributed by atoms with van der Waals surface area (Å²) in [6, 6.07) is 8.44. The minimum atomic E-state index is 0.560. The molecule has 3 heterocycles. The Kier molecular flexibility index (Phi) is 5.49. The number of halogens is 1. The highest BCUT2D eigenvalue weighted by molar-refractivity contribution is 6.30. The second-order valence-corrected chi connectivity index (χ2v) is 8.28. The minimum absolute atomic E-state index is 0.560. The molecule has 0 saturated carbocycles. The van der Waals surface area contributed by atoms with Gasteiger partial charge >= 0.3 is 0 Å². The Morgan fingerprint density at radius 3 is 2.68 bits per heavy atom. The van der Waals surface area contributed by atoms with Gasteiger partial charge in [0.25, 0.3) is 0 Å². The summed E-state index contributed by atoms with van der Waals surface area (Å²) in [6.45, 7) is 11.0. The number of unbranched alkanes of at least 4 members (excludes halogenated alkanes) is 2. The molecule has 2 aliphatic heterocycles. The second kappa shape index (κ2) is 8.04. The van der Waals surface area contributed by atoms with E-state index in [9.17, 15) is 0 Å². The second-order valence-electron chi connectivity index (χ2n) is 7.84. The van der Waals surface area contributed by atoms with Gasteiger partial charge in [0.05, 0.1) is 5.69 Å². The molecule has 1 unspecified atom stereocenters. The van der Waals surface area contributed by atoms with E-state index in [1.807, 2.05) is 24.3 Å². The fourth-order valence-electron chi connectivity index (χ4n) is 4.18. The van der Waals surface area contributed by atoms with E-state index in [1.165, 1.54) is 31.5 Å². The molecule has 4 rings (SSSR count). The SMILES string of the molecule is C=C1C=C(N2CCCC2C)N(CCCCC)c2nc(-c3ccc(Cl)cc3)cn21. The van der Waals surface area contributed by atoms with E-state index in [0.717, 1.165) is 47.4 Å². The molecule has 0 bridgehead atoms. The quantitative estimate of drug-likeness (QED) is 0.559. The smallest absolute Gasteiger partial charge is 0.216 e. The first-order valence-corrected chi connectivity index (χ1v) is 10.8. The number of nitrogens with zero attached hydrogens (tertiary/aromatic N) is 4. The molecule has 1 fully saturated rings. The van der Waals surface area contributed by atoms with Crippen LogP contribution in [-0.4, -0.2) is 33.6 Å². The number of benzene rings is 1. The van der Waals surface area contributed by atoms with Crippen molar-refractivity contribution in [3.8, 4) is 11.3 Å². The summed E-state index contributed by atoms with van der Waals surface area (Å²) >= 11 is 6.06. The third-order valence-corrected chi connectivity index (χ3v) is 6.03. The van der Waals surface area contributed by atoms with Crippen LogP contribution >= 0.6 is 11.6 Å². The van der Waals surface area contributed by atoms with E-state index < -0.39 is 0 Å². The first-order valence-electron chi connectivity index (χ1n) is 10.4. The Bertz CT molecular complexity index is 881. The van der Waals surface area contributed by atoms with Gasteiger partial charge in [-0.1, -0.05) is 50.1 Å². The van der Waals surface area contributed by atoms with Gasteiger partial charge < -0.3 is 4.90 Å². The van der Waals surface area contributed by atoms with Crippen molar-refractivity contribution in [1.82, 2.24) is 14.5 Å². The average Bonchev–Trinajstić information content (AvgIpc) is 3.31. The van der Waals surface area contributed by atoms with Crippen LogP contribution < -0.4 is 4.90 Å². The zero-order valence-electron chi connectivity index (χ0n) is 16.9. The lowest BCUT2D eigenvalue weighted by Gasteiger charge is -2.38. The van der Waals surface area contributed by atoms with Gasteiger partial charge in [0.15, 0.2) is 0 Å². The number of imidazole rings is 1. The Morgan fingerprint density at radius 2 is 2.00 bits per heavy atom. The normalized spacial score (nSPS) is 19.2. The highest BCUT2D eigenvalue weighted by Crippen LogP contribution is 2.36. The van der Waals surface area contributed by atoms with Crippen LogP contribution in [0.5, 0.6) is 0 Å². The van der Waals surface area contributed by atoms with Gasteiger partial charge in [-0.25, -0.2) is 4.98 Å². The number of aromatic nitrogens is 2. The number of hydrogen-bond donors (Lipinski definition) is 0. The van der Waals surface area contributed by atoms with E-state index in [4.69, 9.17) is 16.6 Å². The van der Waals surface area contributed by atoms with Gasteiger partial charge in [0, 0.05) is 47.7 Å². The molecule has 0 N–H and O–H groups in total. The largest absolute Gasteiger partial charge is 0.355 e. The summed E-state index contributed by atoms with van der Waals surface area (Å²) in [4.78, 5) is 9.94. The third-order valence-electron chi connectivity index (χ3n) is 5.78. The van der Waals surface area contributed by atoms with Gasteiger partial charge in [-0.3, -0.25) is 9.47 Å². The number of anilines is 1. The maximum absolute atomic E-state index is 6.06. The average molecular weight is 397 g/mol. The summed E-state index contributed by atoms with van der Waals surface area (Å²) < 4.78 is 2.13. The molecule has 2 aliphatic rings. The lowest BCUT2D eigenvalue weighted by atomic mass is 10.2. The molecule has 0 aliphatic carbocycles. The zero-order valence-corrected chi connectivity index (χ0v) is 17.6. The predicted octanol–water partition coefficient (Wildman–Crippen LogP) is 6.01. The highest BCUT2D eigenvalue weighted by Gasteiger charge is 2.32. The summed E-state index contributed by atoms with van der Waals surface area (Å²) in [5, 5.41) is 0.741. The summed E-state index contributed by atoms with van der Waals surface area (Å²) in [5.41, 5.74) is 3.00. The monoisotopic (exact) mass is 396 g/mol. The molecular formula is C23H29ClN4. The molecule has 148 valence electrons. The van der Waals surface area contributed by atoms with E-state index in [2.05, 4.69) is 47.1 Å². The highest BCUT2D eigenvalue weighted by atomic mass is 35.5. The topological polar surface area (TPSA) is 24.3 Å². The van der Waals surface area contributed by atoms with Crippen molar-refractivity contribution < 1.29 is 0 Å². The van der Waals surface area contributed by atoms with Gasteiger partial charge in [0.2, 0.25) is 5.95 Å². The van der Waals surface area contributed by atoms with E-state index in [-0.39, 0.29) is 0 Å². The molecule has 28 heavy (non-hydrogen) atoms. The molecule has 0 radical (unpaired) electrons. The fourth-order valence-corrected chi connectivity index (χ4v) is 4.30. The maximum Gasteiger partial charge on any atom is 0.216 e. The van der Waals surface area contributed by atoms with Crippen LogP contribution in [-0.2, 0) is 0 Å². The summed E-state index contributed by atoms with van der Waals surface area (Å²) in [5.74, 6) is 2.23. The molecule has 1 saturated heterocycles. The molecule has 2 aromatic rings. The Labute approximate surface area is 173 Å². The first kappa shape index (κ1) is 19.1. The molecule has 1 aromatic heterocycles. The van der Waals surface area contributed by atoms with E-state index in [0.29, 0.717) is 6.04 Å². The minimum Gasteiger partial charge on any atom is -0.355 e. The molecule has 0 amide bonds. The van der Waals surface area contributed by atoms with Crippen LogP contribution in [0.3, 0.4) is 0 Å². The van der Waals surface area contributed by atoms with Crippen molar-refractivity contribution in [2.75, 3.05) is 18.0 Å². The first-order chi connectivity index (χ1) is 13.6. The Morgan fingerprint density at radius 1 is 1.21 bits per heavy atom. The van der Waals surface area contributed by atoms with Crippen molar-refractivity contribution in [3.63, 3.8) is 0 Å². The summed E-state index contributed by atoms with van der Waals surface area (Å²) in [6.07, 6.45) is 10.4. The van der Waals surface area contributed by atoms with Crippen LogP contribution in [0.4, 0.5) is 5.95 Å². The Hall–Kier alpha value is -2.20. The number of rotatable bonds is 6. The van der Waals surface area contributed by atoms with Crippen molar-refractivity contribution in [2.24, 2.45) is 0 Å². The van der Waals surface area contributed by atoms with Gasteiger partial charge in [-0.2, -0.15) is 0 Å². The lowest BCUT2D eigenvalue weighted by molar-refractivity contribution is 0.325. The molecular weight excluding hydrogens is 368 g/mol. The van der Waals surface area contributed by atoms with Crippen LogP contribution in [0.15, 0.2) is 48.9 Å². The molecule has 1 aromatic carbocycles. The van der Waals surface area contributed by atoms with Crippen LogP contribution in [0.1, 0.15) is 46.0 Å². The van der Waals surface area contributed by atoms with Crippen molar-refractivity contribution in [1.29, 1.82) is 0 Å². The summed E-state index contributed by atoms with van der Waals surface area (Å²) in [7, 11) is 0. The lowest BCUT2D eigenvalue weighted by Crippen LogP contribution is -2.41. The van der Waals surface area contributed by atoms with Gasteiger partial charge in [-0.15, -0.1) is 0 Å². The number of fused-ring (bicyclic) bond motifs is 1. The molecule has 0 spiro atoms. The standard InChI is InChI=1S/C23H29ClN4/c1-4-5-6-13-27-22(26-14-7-8-17(26)2)15-18(3)28-16-21(25-23(27)28)19-9-11-20(24)12-10-19/h9-12,15-17H,3-8,13-14H2,1-2H3. The van der Waals surface area contributed by atoms with Crippen LogP contribution in [0, 0.1) is 0 Å². The van der Waals surface area contributed by atoms with E-state index in [1.54, 1.807) is 0 Å². The van der Waals surface area contributed by atoms with Crippen molar-refractivity contribution in [2.45, 2.75) is 52.0 Å². The zero-order chi connectivity index (χ0) is 19.7. The fraction of sp³-hybridized carbons (Fsp3) is 0.435. The number of allylic oxidation sites excluding steroid dienone is 2. The van der Waals surface area contributed by atoms with Crippen LogP contribution in [0.25, 0.3) is 17.0 Å². The van der Waals surface area contributed by atoms with Crippen molar-refractivity contribution >= 4 is 23.2 Å². The van der Waals surface area contributed by atoms with Crippen LogP contribution in [0.2, 0.25) is 5.02 Å².